The summed E-state index contributed by atoms with van der Waals surface area (Å²) in [4.78, 5) is 18.7. The summed E-state index contributed by atoms with van der Waals surface area (Å²) in [7, 11) is 0. The summed E-state index contributed by atoms with van der Waals surface area (Å²) in [6.45, 7) is 2.18. The fourth-order valence-corrected chi connectivity index (χ4v) is 2.48. The molecule has 3 rings (SSSR count). The number of carbonyl (C=O) groups excluding carboxylic acids is 1. The van der Waals surface area contributed by atoms with Crippen LogP contribution in [-0.2, 0) is 0 Å². The summed E-state index contributed by atoms with van der Waals surface area (Å²) in [5.74, 6) is 0.0908. The van der Waals surface area contributed by atoms with Crippen LogP contribution in [0.15, 0.2) is 54.7 Å². The second-order valence-electron chi connectivity index (χ2n) is 4.88. The van der Waals surface area contributed by atoms with Crippen LogP contribution < -0.4 is 5.32 Å². The van der Waals surface area contributed by atoms with Crippen molar-refractivity contribution in [1.82, 2.24) is 15.2 Å². The topological polar surface area (TPSA) is 45.2 Å². The largest absolute Gasteiger partial charge is 0.335 e. The summed E-state index contributed by atoms with van der Waals surface area (Å²) in [6, 6.07) is 15.4. The maximum atomic E-state index is 12.5. The van der Waals surface area contributed by atoms with E-state index in [0.29, 0.717) is 6.54 Å². The first-order chi connectivity index (χ1) is 9.84. The van der Waals surface area contributed by atoms with E-state index >= 15 is 0 Å². The molecule has 1 amide bonds. The molecule has 0 saturated carbocycles. The van der Waals surface area contributed by atoms with E-state index in [-0.39, 0.29) is 11.9 Å². The molecule has 1 N–H and O–H groups in total. The number of nitrogens with one attached hydrogen (secondary N) is 1. The predicted molar refractivity (Wildman–Crippen MR) is 77.3 cm³/mol. The number of nitrogens with zero attached hydrogens (tertiary/aromatic N) is 2. The van der Waals surface area contributed by atoms with Gasteiger partial charge in [-0.25, -0.2) is 0 Å². The lowest BCUT2D eigenvalue weighted by molar-refractivity contribution is 0.0701. The van der Waals surface area contributed by atoms with Gasteiger partial charge < -0.3 is 10.2 Å². The Hall–Kier alpha value is -2.20. The van der Waals surface area contributed by atoms with Crippen LogP contribution in [0.25, 0.3) is 0 Å². The van der Waals surface area contributed by atoms with Gasteiger partial charge in [-0.15, -0.1) is 0 Å². The molecule has 0 radical (unpaired) electrons. The highest BCUT2D eigenvalue weighted by Crippen LogP contribution is 2.16. The van der Waals surface area contributed by atoms with Crippen LogP contribution in [0.5, 0.6) is 0 Å². The lowest BCUT2D eigenvalue weighted by Crippen LogP contribution is -2.48. The van der Waals surface area contributed by atoms with Crippen molar-refractivity contribution < 1.29 is 4.79 Å². The van der Waals surface area contributed by atoms with Crippen LogP contribution >= 0.6 is 0 Å². The third-order valence-electron chi connectivity index (χ3n) is 3.53. The molecule has 2 heterocycles. The molecule has 1 unspecified atom stereocenters. The molecule has 0 aliphatic carbocycles. The lowest BCUT2D eigenvalue weighted by Gasteiger charge is -2.33. The van der Waals surface area contributed by atoms with Crippen molar-refractivity contribution in [2.24, 2.45) is 0 Å². The summed E-state index contributed by atoms with van der Waals surface area (Å²) >= 11 is 0. The Bertz CT molecular complexity index is 571. The number of hydrogen-bond donors (Lipinski definition) is 1. The number of piperazine rings is 1. The molecule has 1 aliphatic heterocycles. The number of benzene rings is 1. The summed E-state index contributed by atoms with van der Waals surface area (Å²) < 4.78 is 0. The van der Waals surface area contributed by atoms with E-state index in [1.165, 1.54) is 0 Å². The van der Waals surface area contributed by atoms with Gasteiger partial charge in [-0.2, -0.15) is 0 Å². The number of rotatable bonds is 2. The second kappa shape index (κ2) is 5.84. The van der Waals surface area contributed by atoms with Crippen LogP contribution in [0.2, 0.25) is 0 Å². The Balaban J connectivity index is 1.74. The molecule has 4 nitrogen and oxygen atoms in total. The Morgan fingerprint density at radius 3 is 2.70 bits per heavy atom. The van der Waals surface area contributed by atoms with Crippen molar-refractivity contribution in [3.63, 3.8) is 0 Å². The molecule has 1 saturated heterocycles. The quantitative estimate of drug-likeness (QED) is 0.903. The van der Waals surface area contributed by atoms with E-state index in [1.54, 1.807) is 6.20 Å². The zero-order valence-corrected chi connectivity index (χ0v) is 11.2. The smallest absolute Gasteiger partial charge is 0.253 e. The van der Waals surface area contributed by atoms with Gasteiger partial charge in [-0.3, -0.25) is 9.78 Å². The van der Waals surface area contributed by atoms with Crippen molar-refractivity contribution in [3.05, 3.63) is 66.0 Å². The maximum absolute atomic E-state index is 12.5. The number of carbonyl (C=O) groups is 1. The Morgan fingerprint density at radius 2 is 1.95 bits per heavy atom. The second-order valence-corrected chi connectivity index (χ2v) is 4.88. The molecule has 0 spiro atoms. The third-order valence-corrected chi connectivity index (χ3v) is 3.53. The molecule has 20 heavy (non-hydrogen) atoms. The first-order valence-electron chi connectivity index (χ1n) is 6.83. The van der Waals surface area contributed by atoms with Crippen LogP contribution in [-0.4, -0.2) is 35.4 Å². The van der Waals surface area contributed by atoms with Crippen LogP contribution in [0.4, 0.5) is 0 Å². The van der Waals surface area contributed by atoms with E-state index in [1.807, 2.05) is 53.4 Å². The Morgan fingerprint density at radius 1 is 1.15 bits per heavy atom. The Kier molecular flexibility index (Phi) is 3.74. The standard InChI is InChI=1S/C16H17N3O/c20-16(13-6-2-1-3-7-13)19-11-10-18-15(12-19)14-8-4-5-9-17-14/h1-9,15,18H,10-12H2. The van der Waals surface area contributed by atoms with E-state index in [4.69, 9.17) is 0 Å². The Labute approximate surface area is 118 Å². The van der Waals surface area contributed by atoms with Gasteiger partial charge in [0.15, 0.2) is 0 Å². The summed E-state index contributed by atoms with van der Waals surface area (Å²) in [5, 5.41) is 3.42. The van der Waals surface area contributed by atoms with Crippen LogP contribution in [0, 0.1) is 0 Å². The molecule has 1 fully saturated rings. The van der Waals surface area contributed by atoms with Crippen LogP contribution in [0.3, 0.4) is 0 Å². The van der Waals surface area contributed by atoms with Gasteiger partial charge in [-0.1, -0.05) is 24.3 Å². The van der Waals surface area contributed by atoms with Gasteiger partial charge in [-0.05, 0) is 24.3 Å². The molecule has 1 aromatic carbocycles. The highest BCUT2D eigenvalue weighted by Gasteiger charge is 2.25. The van der Waals surface area contributed by atoms with Crippen molar-refractivity contribution in [2.45, 2.75) is 6.04 Å². The number of amides is 1. The van der Waals surface area contributed by atoms with Gasteiger partial charge in [0.2, 0.25) is 0 Å². The van der Waals surface area contributed by atoms with Gasteiger partial charge in [0.25, 0.3) is 5.91 Å². The molecule has 1 aromatic heterocycles. The maximum Gasteiger partial charge on any atom is 0.253 e. The van der Waals surface area contributed by atoms with E-state index in [9.17, 15) is 4.79 Å². The zero-order valence-electron chi connectivity index (χ0n) is 11.2. The minimum Gasteiger partial charge on any atom is -0.335 e. The molecule has 102 valence electrons. The molecular weight excluding hydrogens is 250 g/mol. The average molecular weight is 267 g/mol. The normalized spacial score (nSPS) is 18.8. The molecule has 1 aliphatic rings. The fraction of sp³-hybridized carbons (Fsp3) is 0.250. The van der Waals surface area contributed by atoms with E-state index in [2.05, 4.69) is 10.3 Å². The van der Waals surface area contributed by atoms with Gasteiger partial charge >= 0.3 is 0 Å². The van der Waals surface area contributed by atoms with Crippen LogP contribution in [0.1, 0.15) is 22.1 Å². The van der Waals surface area contributed by atoms with Gasteiger partial charge in [0.1, 0.15) is 0 Å². The fourth-order valence-electron chi connectivity index (χ4n) is 2.48. The highest BCUT2D eigenvalue weighted by atomic mass is 16.2. The van der Waals surface area contributed by atoms with Crippen molar-refractivity contribution in [2.75, 3.05) is 19.6 Å². The SMILES string of the molecule is O=C(c1ccccc1)N1CCNC(c2ccccn2)C1. The third kappa shape index (κ3) is 2.70. The van der Waals surface area contributed by atoms with E-state index < -0.39 is 0 Å². The highest BCUT2D eigenvalue weighted by molar-refractivity contribution is 5.94. The minimum absolute atomic E-state index is 0.0908. The monoisotopic (exact) mass is 267 g/mol. The predicted octanol–water partition coefficient (Wildman–Crippen LogP) is 1.87. The molecule has 0 bridgehead atoms. The van der Waals surface area contributed by atoms with Gasteiger partial charge in [0, 0.05) is 31.4 Å². The number of pyridine rings is 1. The molecule has 2 aromatic rings. The lowest BCUT2D eigenvalue weighted by atomic mass is 10.1. The molecular formula is C16H17N3O. The first kappa shape index (κ1) is 12.8. The molecule has 4 heteroatoms. The van der Waals surface area contributed by atoms with Crippen molar-refractivity contribution in [3.8, 4) is 0 Å². The number of hydrogen-bond acceptors (Lipinski definition) is 3. The number of aromatic nitrogens is 1. The van der Waals surface area contributed by atoms with E-state index in [0.717, 1.165) is 24.3 Å². The zero-order chi connectivity index (χ0) is 13.8. The van der Waals surface area contributed by atoms with Gasteiger partial charge in [0.05, 0.1) is 11.7 Å². The summed E-state index contributed by atoms with van der Waals surface area (Å²) in [5.41, 5.74) is 1.73. The van der Waals surface area contributed by atoms with Crippen molar-refractivity contribution >= 4 is 5.91 Å². The first-order valence-corrected chi connectivity index (χ1v) is 6.83. The van der Waals surface area contributed by atoms with Crippen molar-refractivity contribution in [1.29, 1.82) is 0 Å². The average Bonchev–Trinajstić information content (AvgIpc) is 2.56. The summed E-state index contributed by atoms with van der Waals surface area (Å²) in [6.07, 6.45) is 1.79. The molecule has 1 atom stereocenters. The minimum atomic E-state index is 0.0908.